The van der Waals surface area contributed by atoms with E-state index in [9.17, 15) is 4.79 Å². The Labute approximate surface area is 168 Å². The SMILES string of the molecule is COc1cc(Cn2nc(C)c3cnn(-c4ccccc4C)c3c2=O)cc(OC)c1. The van der Waals surface area contributed by atoms with Crippen LogP contribution in [0.1, 0.15) is 16.8 Å². The summed E-state index contributed by atoms with van der Waals surface area (Å²) in [5, 5.41) is 9.73. The average Bonchev–Trinajstić information content (AvgIpc) is 3.17. The smallest absolute Gasteiger partial charge is 0.293 e. The van der Waals surface area contributed by atoms with E-state index in [1.165, 1.54) is 4.68 Å². The summed E-state index contributed by atoms with van der Waals surface area (Å²) in [6, 6.07) is 13.4. The highest BCUT2D eigenvalue weighted by atomic mass is 16.5. The van der Waals surface area contributed by atoms with Crippen LogP contribution in [0.3, 0.4) is 0 Å². The second-order valence-electron chi connectivity index (χ2n) is 6.87. The summed E-state index contributed by atoms with van der Waals surface area (Å²) in [5.74, 6) is 1.32. The Bertz CT molecular complexity index is 1230. The molecule has 0 spiro atoms. The number of ether oxygens (including phenoxy) is 2. The Balaban J connectivity index is 1.87. The first-order valence-electron chi connectivity index (χ1n) is 9.25. The van der Waals surface area contributed by atoms with Crippen LogP contribution in [0.25, 0.3) is 16.6 Å². The number of para-hydroxylation sites is 1. The summed E-state index contributed by atoms with van der Waals surface area (Å²) in [6.07, 6.45) is 1.70. The van der Waals surface area contributed by atoms with Crippen LogP contribution in [0, 0.1) is 13.8 Å². The lowest BCUT2D eigenvalue weighted by atomic mass is 10.2. The zero-order valence-corrected chi connectivity index (χ0v) is 16.8. The minimum absolute atomic E-state index is 0.201. The summed E-state index contributed by atoms with van der Waals surface area (Å²) < 4.78 is 13.8. The van der Waals surface area contributed by atoms with E-state index in [1.54, 1.807) is 31.2 Å². The molecule has 0 saturated heterocycles. The van der Waals surface area contributed by atoms with E-state index in [0.717, 1.165) is 27.9 Å². The Hall–Kier alpha value is -3.61. The highest BCUT2D eigenvalue weighted by molar-refractivity contribution is 5.81. The van der Waals surface area contributed by atoms with Crippen LogP contribution in [0.4, 0.5) is 0 Å². The van der Waals surface area contributed by atoms with Crippen molar-refractivity contribution >= 4 is 10.9 Å². The van der Waals surface area contributed by atoms with Crippen molar-refractivity contribution in [1.82, 2.24) is 19.6 Å². The monoisotopic (exact) mass is 390 g/mol. The summed E-state index contributed by atoms with van der Waals surface area (Å²) in [6.45, 7) is 4.17. The van der Waals surface area contributed by atoms with E-state index in [-0.39, 0.29) is 5.56 Å². The van der Waals surface area contributed by atoms with Crippen LogP contribution in [0.15, 0.2) is 53.5 Å². The molecule has 2 aromatic carbocycles. The molecule has 2 aromatic heterocycles. The molecule has 4 rings (SSSR count). The number of aromatic nitrogens is 4. The maximum absolute atomic E-state index is 13.3. The molecule has 0 amide bonds. The summed E-state index contributed by atoms with van der Waals surface area (Å²) in [5.41, 5.74) is 3.83. The topological polar surface area (TPSA) is 71.2 Å². The maximum Gasteiger partial charge on any atom is 0.293 e. The van der Waals surface area contributed by atoms with Crippen LogP contribution in [0.2, 0.25) is 0 Å². The average molecular weight is 390 g/mol. The number of nitrogens with zero attached hydrogens (tertiary/aromatic N) is 4. The number of hydrogen-bond donors (Lipinski definition) is 0. The van der Waals surface area contributed by atoms with Crippen LogP contribution < -0.4 is 15.0 Å². The minimum Gasteiger partial charge on any atom is -0.497 e. The lowest BCUT2D eigenvalue weighted by Gasteiger charge is -2.12. The zero-order valence-electron chi connectivity index (χ0n) is 16.8. The molecule has 0 radical (unpaired) electrons. The fraction of sp³-hybridized carbons (Fsp3) is 0.227. The van der Waals surface area contributed by atoms with Gasteiger partial charge in [0.15, 0.2) is 0 Å². The normalized spacial score (nSPS) is 11.0. The van der Waals surface area contributed by atoms with Gasteiger partial charge >= 0.3 is 0 Å². The molecule has 148 valence electrons. The second-order valence-corrected chi connectivity index (χ2v) is 6.87. The van der Waals surface area contributed by atoms with Crippen LogP contribution in [0.5, 0.6) is 11.5 Å². The molecule has 0 saturated carbocycles. The van der Waals surface area contributed by atoms with Gasteiger partial charge in [0.05, 0.1) is 38.3 Å². The lowest BCUT2D eigenvalue weighted by Crippen LogP contribution is -2.26. The Morgan fingerprint density at radius 3 is 2.34 bits per heavy atom. The predicted octanol–water partition coefficient (Wildman–Crippen LogP) is 3.26. The molecule has 0 bridgehead atoms. The molecule has 0 atom stereocenters. The van der Waals surface area contributed by atoms with Gasteiger partial charge in [0, 0.05) is 11.5 Å². The number of hydrogen-bond acceptors (Lipinski definition) is 5. The van der Waals surface area contributed by atoms with Gasteiger partial charge < -0.3 is 9.47 Å². The van der Waals surface area contributed by atoms with Crippen molar-refractivity contribution in [2.45, 2.75) is 20.4 Å². The van der Waals surface area contributed by atoms with Gasteiger partial charge in [0.1, 0.15) is 17.0 Å². The van der Waals surface area contributed by atoms with E-state index >= 15 is 0 Å². The summed E-state index contributed by atoms with van der Waals surface area (Å²) in [4.78, 5) is 13.3. The number of benzene rings is 2. The molecular formula is C22H22N4O3. The standard InChI is InChI=1S/C22H22N4O3/c1-14-7-5-6-8-20(14)26-21-19(12-23-26)15(2)24-25(22(21)27)13-16-9-17(28-3)11-18(10-16)29-4/h5-12H,13H2,1-4H3. The van der Waals surface area contributed by atoms with Crippen molar-refractivity contribution in [2.75, 3.05) is 14.2 Å². The van der Waals surface area contributed by atoms with Gasteiger partial charge in [0.2, 0.25) is 0 Å². The van der Waals surface area contributed by atoms with Gasteiger partial charge in [-0.25, -0.2) is 9.36 Å². The third kappa shape index (κ3) is 3.35. The number of methoxy groups -OCH3 is 2. The van der Waals surface area contributed by atoms with Crippen LogP contribution in [-0.2, 0) is 6.54 Å². The molecule has 7 nitrogen and oxygen atoms in total. The summed E-state index contributed by atoms with van der Waals surface area (Å²) in [7, 11) is 3.19. The Morgan fingerprint density at radius 2 is 1.69 bits per heavy atom. The van der Waals surface area contributed by atoms with Crippen molar-refractivity contribution in [3.05, 3.63) is 75.8 Å². The van der Waals surface area contributed by atoms with Crippen molar-refractivity contribution in [3.8, 4) is 17.2 Å². The Morgan fingerprint density at radius 1 is 1.00 bits per heavy atom. The second kappa shape index (κ2) is 7.43. The maximum atomic E-state index is 13.3. The largest absolute Gasteiger partial charge is 0.497 e. The number of rotatable bonds is 5. The fourth-order valence-electron chi connectivity index (χ4n) is 3.44. The van der Waals surface area contributed by atoms with E-state index in [0.29, 0.717) is 23.6 Å². The van der Waals surface area contributed by atoms with Crippen LogP contribution in [-0.4, -0.2) is 33.8 Å². The molecule has 0 aliphatic rings. The molecule has 0 N–H and O–H groups in total. The van der Waals surface area contributed by atoms with E-state index < -0.39 is 0 Å². The molecule has 7 heteroatoms. The highest BCUT2D eigenvalue weighted by Crippen LogP contribution is 2.23. The first kappa shape index (κ1) is 18.7. The third-order valence-corrected chi connectivity index (χ3v) is 4.95. The highest BCUT2D eigenvalue weighted by Gasteiger charge is 2.16. The van der Waals surface area contributed by atoms with Crippen molar-refractivity contribution in [2.24, 2.45) is 0 Å². The van der Waals surface area contributed by atoms with E-state index in [2.05, 4.69) is 10.2 Å². The van der Waals surface area contributed by atoms with Gasteiger partial charge in [-0.3, -0.25) is 4.79 Å². The van der Waals surface area contributed by atoms with Crippen molar-refractivity contribution < 1.29 is 9.47 Å². The molecule has 0 unspecified atom stereocenters. The number of aryl methyl sites for hydroxylation is 2. The number of fused-ring (bicyclic) bond motifs is 1. The van der Waals surface area contributed by atoms with E-state index in [1.807, 2.05) is 50.2 Å². The molecule has 2 heterocycles. The van der Waals surface area contributed by atoms with Crippen molar-refractivity contribution in [3.63, 3.8) is 0 Å². The fourth-order valence-corrected chi connectivity index (χ4v) is 3.44. The zero-order chi connectivity index (χ0) is 20.5. The summed E-state index contributed by atoms with van der Waals surface area (Å²) >= 11 is 0. The Kier molecular flexibility index (Phi) is 4.80. The predicted molar refractivity (Wildman–Crippen MR) is 111 cm³/mol. The third-order valence-electron chi connectivity index (χ3n) is 4.95. The minimum atomic E-state index is -0.201. The first-order chi connectivity index (χ1) is 14.0. The molecular weight excluding hydrogens is 368 g/mol. The molecule has 4 aromatic rings. The van der Waals surface area contributed by atoms with Crippen molar-refractivity contribution in [1.29, 1.82) is 0 Å². The lowest BCUT2D eigenvalue weighted by molar-refractivity contribution is 0.393. The first-order valence-corrected chi connectivity index (χ1v) is 9.25. The molecule has 29 heavy (non-hydrogen) atoms. The van der Waals surface area contributed by atoms with Gasteiger partial charge in [-0.15, -0.1) is 0 Å². The van der Waals surface area contributed by atoms with Crippen LogP contribution >= 0.6 is 0 Å². The molecule has 0 aliphatic heterocycles. The molecule has 0 aliphatic carbocycles. The van der Waals surface area contributed by atoms with Gasteiger partial charge in [-0.1, -0.05) is 18.2 Å². The quantitative estimate of drug-likeness (QED) is 0.523. The van der Waals surface area contributed by atoms with Gasteiger partial charge in [0.25, 0.3) is 5.56 Å². The van der Waals surface area contributed by atoms with E-state index in [4.69, 9.17) is 9.47 Å². The van der Waals surface area contributed by atoms with Gasteiger partial charge in [-0.2, -0.15) is 10.2 Å². The van der Waals surface area contributed by atoms with Gasteiger partial charge in [-0.05, 0) is 43.2 Å². The molecule has 0 fully saturated rings.